The fourth-order valence-electron chi connectivity index (χ4n) is 2.04. The Labute approximate surface area is 120 Å². The number of hydrogen-bond donors (Lipinski definition) is 2. The minimum absolute atomic E-state index is 0.138. The fraction of sp³-hybridized carbons (Fsp3) is 0.385. The van der Waals surface area contributed by atoms with Gasteiger partial charge in [-0.25, -0.2) is 0 Å². The second-order valence-corrected chi connectivity index (χ2v) is 5.40. The summed E-state index contributed by atoms with van der Waals surface area (Å²) in [5.41, 5.74) is 3.05. The van der Waals surface area contributed by atoms with Crippen molar-refractivity contribution in [2.45, 2.75) is 13.3 Å². The van der Waals surface area contributed by atoms with Gasteiger partial charge in [0.1, 0.15) is 0 Å². The Bertz CT molecular complexity index is 529. The van der Waals surface area contributed by atoms with Crippen molar-refractivity contribution in [1.82, 2.24) is 5.32 Å². The lowest BCUT2D eigenvalue weighted by Crippen LogP contribution is -2.23. The van der Waals surface area contributed by atoms with Gasteiger partial charge in [-0.1, -0.05) is 11.6 Å². The quantitative estimate of drug-likeness (QED) is 0.507. The third-order valence-electron chi connectivity index (χ3n) is 3.15. The molecule has 1 aromatic carbocycles. The minimum atomic E-state index is -0.362. The summed E-state index contributed by atoms with van der Waals surface area (Å²) in [6.07, 6.45) is 3.22. The van der Waals surface area contributed by atoms with Crippen LogP contribution in [0.25, 0.3) is 0 Å². The largest absolute Gasteiger partial charge is 0.380 e. The third-order valence-corrected chi connectivity index (χ3v) is 3.80. The van der Waals surface area contributed by atoms with Crippen LogP contribution in [0.3, 0.4) is 0 Å². The zero-order valence-corrected chi connectivity index (χ0v) is 12.3. The van der Waals surface area contributed by atoms with Crippen molar-refractivity contribution in [2.24, 2.45) is 0 Å². The highest BCUT2D eigenvalue weighted by Crippen LogP contribution is 2.30. The summed E-state index contributed by atoms with van der Waals surface area (Å²) in [5, 5.41) is 17.4. The number of halogens is 1. The Morgan fingerprint density at radius 1 is 1.53 bits per heavy atom. The van der Waals surface area contributed by atoms with E-state index in [1.165, 1.54) is 5.57 Å². The third kappa shape index (κ3) is 3.54. The maximum atomic E-state index is 10.8. The van der Waals surface area contributed by atoms with E-state index in [-0.39, 0.29) is 10.6 Å². The van der Waals surface area contributed by atoms with Crippen molar-refractivity contribution in [3.63, 3.8) is 0 Å². The van der Waals surface area contributed by atoms with Crippen LogP contribution < -0.4 is 10.6 Å². The lowest BCUT2D eigenvalue weighted by Gasteiger charge is -2.16. The average Bonchev–Trinajstić information content (AvgIpc) is 2.40. The summed E-state index contributed by atoms with van der Waals surface area (Å²) in [5.74, 6) is 0. The molecule has 0 aromatic heterocycles. The molecule has 1 heterocycles. The normalized spacial score (nSPS) is 14.9. The molecule has 0 amide bonds. The summed E-state index contributed by atoms with van der Waals surface area (Å²) < 4.78 is 0.722. The number of nitrogens with one attached hydrogen (secondary N) is 2. The first-order valence-electron chi connectivity index (χ1n) is 6.15. The molecule has 1 aromatic rings. The van der Waals surface area contributed by atoms with E-state index in [2.05, 4.69) is 32.6 Å². The van der Waals surface area contributed by atoms with Gasteiger partial charge >= 0.3 is 0 Å². The molecule has 2 N–H and O–H groups in total. The Hall–Kier alpha value is -1.40. The molecule has 0 unspecified atom stereocenters. The van der Waals surface area contributed by atoms with Crippen LogP contribution in [0, 0.1) is 17.0 Å². The first kappa shape index (κ1) is 14.0. The predicted molar refractivity (Wildman–Crippen MR) is 79.6 cm³/mol. The van der Waals surface area contributed by atoms with Crippen LogP contribution in [0.4, 0.5) is 11.4 Å². The molecule has 102 valence electrons. The molecule has 19 heavy (non-hydrogen) atoms. The zero-order chi connectivity index (χ0) is 13.8. The van der Waals surface area contributed by atoms with Crippen molar-refractivity contribution in [3.8, 4) is 0 Å². The lowest BCUT2D eigenvalue weighted by molar-refractivity contribution is -0.385. The minimum Gasteiger partial charge on any atom is -0.380 e. The number of rotatable bonds is 4. The van der Waals surface area contributed by atoms with Crippen LogP contribution in [0.2, 0.25) is 0 Å². The highest BCUT2D eigenvalue weighted by atomic mass is 79.9. The molecule has 0 atom stereocenters. The van der Waals surface area contributed by atoms with Gasteiger partial charge in [0, 0.05) is 34.9 Å². The summed E-state index contributed by atoms with van der Waals surface area (Å²) in [6.45, 7) is 4.45. The maximum Gasteiger partial charge on any atom is 0.273 e. The van der Waals surface area contributed by atoms with Gasteiger partial charge in [0.15, 0.2) is 0 Å². The van der Waals surface area contributed by atoms with E-state index in [9.17, 15) is 10.1 Å². The summed E-state index contributed by atoms with van der Waals surface area (Å²) in [4.78, 5) is 10.5. The smallest absolute Gasteiger partial charge is 0.273 e. The van der Waals surface area contributed by atoms with Crippen LogP contribution in [0.15, 0.2) is 28.3 Å². The van der Waals surface area contributed by atoms with E-state index in [4.69, 9.17) is 0 Å². The molecule has 0 spiro atoms. The molecule has 2 rings (SSSR count). The molecule has 6 heteroatoms. The molecular formula is C13H16BrN3O2. The van der Waals surface area contributed by atoms with Gasteiger partial charge in [0.2, 0.25) is 0 Å². The van der Waals surface area contributed by atoms with Gasteiger partial charge in [-0.3, -0.25) is 10.1 Å². The van der Waals surface area contributed by atoms with E-state index in [1.807, 2.05) is 6.07 Å². The van der Waals surface area contributed by atoms with E-state index in [0.717, 1.165) is 36.2 Å². The Kier molecular flexibility index (Phi) is 4.55. The first-order chi connectivity index (χ1) is 9.08. The van der Waals surface area contributed by atoms with Crippen LogP contribution in [-0.4, -0.2) is 24.6 Å². The molecule has 0 bridgehead atoms. The van der Waals surface area contributed by atoms with Crippen LogP contribution in [-0.2, 0) is 0 Å². The maximum absolute atomic E-state index is 10.8. The number of aryl methyl sites for hydroxylation is 1. The Balaban J connectivity index is 2.10. The summed E-state index contributed by atoms with van der Waals surface area (Å²) in [7, 11) is 0. The van der Waals surface area contributed by atoms with Crippen molar-refractivity contribution in [3.05, 3.63) is 43.9 Å². The standard InChI is InChI=1S/C13H16BrN3O2/c1-9-6-12(11(14)7-13(9)17(18)19)16-8-10-2-4-15-5-3-10/h2,6-7,15-16H,3-5,8H2,1H3. The Morgan fingerprint density at radius 2 is 2.32 bits per heavy atom. The van der Waals surface area contributed by atoms with Crippen molar-refractivity contribution >= 4 is 27.3 Å². The summed E-state index contributed by atoms with van der Waals surface area (Å²) >= 11 is 3.38. The van der Waals surface area contributed by atoms with Gasteiger partial charge in [-0.15, -0.1) is 0 Å². The van der Waals surface area contributed by atoms with Crippen molar-refractivity contribution in [1.29, 1.82) is 0 Å². The molecule has 0 saturated carbocycles. The fourth-order valence-corrected chi connectivity index (χ4v) is 2.51. The van der Waals surface area contributed by atoms with Crippen LogP contribution >= 0.6 is 15.9 Å². The number of hydrogen-bond acceptors (Lipinski definition) is 4. The highest BCUT2D eigenvalue weighted by Gasteiger charge is 2.14. The average molecular weight is 326 g/mol. The molecule has 0 fully saturated rings. The van der Waals surface area contributed by atoms with Crippen molar-refractivity contribution in [2.75, 3.05) is 25.0 Å². The topological polar surface area (TPSA) is 67.2 Å². The zero-order valence-electron chi connectivity index (χ0n) is 10.7. The lowest BCUT2D eigenvalue weighted by atomic mass is 10.1. The molecule has 5 nitrogen and oxygen atoms in total. The molecule has 0 aliphatic carbocycles. The van der Waals surface area contributed by atoms with Gasteiger partial charge in [0.25, 0.3) is 5.69 Å². The van der Waals surface area contributed by atoms with E-state index >= 15 is 0 Å². The van der Waals surface area contributed by atoms with Crippen LogP contribution in [0.5, 0.6) is 0 Å². The van der Waals surface area contributed by atoms with E-state index in [1.54, 1.807) is 13.0 Å². The number of anilines is 1. The number of nitro benzene ring substituents is 1. The van der Waals surface area contributed by atoms with Crippen LogP contribution in [0.1, 0.15) is 12.0 Å². The van der Waals surface area contributed by atoms with Gasteiger partial charge in [-0.05, 0) is 41.9 Å². The first-order valence-corrected chi connectivity index (χ1v) is 6.94. The van der Waals surface area contributed by atoms with Gasteiger partial charge in [0.05, 0.1) is 4.92 Å². The van der Waals surface area contributed by atoms with E-state index in [0.29, 0.717) is 5.56 Å². The second-order valence-electron chi connectivity index (χ2n) is 4.55. The second kappa shape index (κ2) is 6.16. The summed E-state index contributed by atoms with van der Waals surface area (Å²) in [6, 6.07) is 3.36. The SMILES string of the molecule is Cc1cc(NCC2=CCNCC2)c(Br)cc1[N+](=O)[O-]. The molecule has 0 saturated heterocycles. The van der Waals surface area contributed by atoms with Gasteiger partial charge < -0.3 is 10.6 Å². The van der Waals surface area contributed by atoms with Gasteiger partial charge in [-0.2, -0.15) is 0 Å². The highest BCUT2D eigenvalue weighted by molar-refractivity contribution is 9.10. The number of benzene rings is 1. The van der Waals surface area contributed by atoms with Crippen molar-refractivity contribution < 1.29 is 4.92 Å². The Morgan fingerprint density at radius 3 is 2.95 bits per heavy atom. The number of nitrogens with zero attached hydrogens (tertiary/aromatic N) is 1. The molecule has 1 aliphatic heterocycles. The van der Waals surface area contributed by atoms with E-state index < -0.39 is 0 Å². The monoisotopic (exact) mass is 325 g/mol. The molecular weight excluding hydrogens is 310 g/mol. The predicted octanol–water partition coefficient (Wildman–Crippen LogP) is 3.00. The molecule has 1 aliphatic rings. The molecule has 0 radical (unpaired) electrons. The number of nitro groups is 1.